The van der Waals surface area contributed by atoms with Crippen molar-refractivity contribution in [1.82, 2.24) is 19.5 Å². The van der Waals surface area contributed by atoms with Crippen molar-refractivity contribution in [3.05, 3.63) is 115 Å². The Kier molecular flexibility index (Phi) is 8.88. The van der Waals surface area contributed by atoms with Crippen molar-refractivity contribution < 1.29 is 28.5 Å². The second-order valence-corrected chi connectivity index (χ2v) is 11.3. The first-order chi connectivity index (χ1) is 22.4. The highest BCUT2D eigenvalue weighted by molar-refractivity contribution is 7.79. The molecule has 3 aromatic carbocycles. The predicted molar refractivity (Wildman–Crippen MR) is 173 cm³/mol. The third kappa shape index (κ3) is 6.11. The molecule has 11 nitrogen and oxygen atoms in total. The average Bonchev–Trinajstić information content (AvgIpc) is 3.54. The van der Waals surface area contributed by atoms with Crippen molar-refractivity contribution in [2.24, 2.45) is 0 Å². The zero-order valence-electron chi connectivity index (χ0n) is 24.8. The van der Waals surface area contributed by atoms with Crippen LogP contribution in [0.5, 0.6) is 5.75 Å². The van der Waals surface area contributed by atoms with E-state index >= 15 is 0 Å². The van der Waals surface area contributed by atoms with Gasteiger partial charge in [-0.05, 0) is 55.7 Å². The van der Waals surface area contributed by atoms with Gasteiger partial charge in [0, 0.05) is 12.2 Å². The first kappa shape index (κ1) is 30.7. The minimum absolute atomic E-state index is 0.181. The maximum Gasteiger partial charge on any atom is 0.358 e. The Morgan fingerprint density at radius 3 is 2.02 bits per heavy atom. The van der Waals surface area contributed by atoms with Crippen molar-refractivity contribution in [3.63, 3.8) is 0 Å². The number of para-hydroxylation sites is 1. The molecule has 0 radical (unpaired) electrons. The average molecular weight is 638 g/mol. The molecule has 0 spiro atoms. The first-order valence-corrected chi connectivity index (χ1v) is 15.2. The van der Waals surface area contributed by atoms with Gasteiger partial charge in [0.1, 0.15) is 36.3 Å². The standard InChI is InChI=1S/C34H31N5O6S/c35-28-27-29(37-22-36-28)39(23-38-27)33(20-42-30(40)24-12-4-1-5-13-24)18-10-11-19-34(33,21-43-31(41)25-14-6-2-7-15-25)45-32(46)44-26-16-8-3-9-17-26/h1-9,12-17,22-23H,10-11,18-21H2,(H2,35,36,37)/t33-,34+/m1/s1. The van der Waals surface area contributed by atoms with E-state index in [1.807, 2.05) is 30.3 Å². The highest BCUT2D eigenvalue weighted by atomic mass is 32.1. The number of imidazole rings is 1. The molecule has 12 heteroatoms. The SMILES string of the molecule is Nc1ncnc2c1ncn2[C@@]1(COC(=O)c2ccccc2)CCCC[C@@]1(COC(=O)c1ccccc1)OC(=S)Oc1ccccc1. The Morgan fingerprint density at radius 2 is 1.37 bits per heavy atom. The molecule has 0 bridgehead atoms. The van der Waals surface area contributed by atoms with E-state index in [-0.39, 0.29) is 24.3 Å². The summed E-state index contributed by atoms with van der Waals surface area (Å²) in [5, 5.41) is -0.193. The van der Waals surface area contributed by atoms with Crippen molar-refractivity contribution >= 4 is 46.4 Å². The molecular formula is C34H31N5O6S. The van der Waals surface area contributed by atoms with E-state index in [1.54, 1.807) is 71.6 Å². The number of nitrogen functional groups attached to an aromatic ring is 1. The molecule has 1 fully saturated rings. The Balaban J connectivity index is 1.46. The molecular weight excluding hydrogens is 606 g/mol. The van der Waals surface area contributed by atoms with Gasteiger partial charge >= 0.3 is 17.2 Å². The summed E-state index contributed by atoms with van der Waals surface area (Å²) in [6.07, 6.45) is 5.08. The number of anilines is 1. The molecule has 2 aromatic heterocycles. The Hall–Kier alpha value is -5.36. The summed E-state index contributed by atoms with van der Waals surface area (Å²) in [5.74, 6) is -0.445. The lowest BCUT2D eigenvalue weighted by Gasteiger charge is -2.52. The van der Waals surface area contributed by atoms with Crippen LogP contribution in [-0.4, -0.2) is 55.5 Å². The van der Waals surface area contributed by atoms with Crippen molar-refractivity contribution in [2.75, 3.05) is 18.9 Å². The first-order valence-electron chi connectivity index (χ1n) is 14.8. The summed E-state index contributed by atoms with van der Waals surface area (Å²) in [7, 11) is 0. The minimum atomic E-state index is -1.41. The molecule has 1 aliphatic carbocycles. The van der Waals surface area contributed by atoms with E-state index in [0.29, 0.717) is 53.7 Å². The number of aromatic nitrogens is 4. The number of hydrogen-bond donors (Lipinski definition) is 1. The van der Waals surface area contributed by atoms with Crippen LogP contribution in [0.3, 0.4) is 0 Å². The van der Waals surface area contributed by atoms with Gasteiger partial charge in [0.25, 0.3) is 0 Å². The molecule has 2 atom stereocenters. The number of ether oxygens (including phenoxy) is 4. The molecule has 46 heavy (non-hydrogen) atoms. The molecule has 0 aliphatic heterocycles. The van der Waals surface area contributed by atoms with E-state index in [1.165, 1.54) is 6.33 Å². The summed E-state index contributed by atoms with van der Waals surface area (Å²) in [6, 6.07) is 26.3. The van der Waals surface area contributed by atoms with E-state index in [2.05, 4.69) is 15.0 Å². The van der Waals surface area contributed by atoms with Gasteiger partial charge in [-0.1, -0.05) is 61.0 Å². The van der Waals surface area contributed by atoms with Gasteiger partial charge in [-0.2, -0.15) is 0 Å². The van der Waals surface area contributed by atoms with E-state index in [4.69, 9.17) is 36.9 Å². The molecule has 0 saturated heterocycles. The highest BCUT2D eigenvalue weighted by Crippen LogP contribution is 2.48. The van der Waals surface area contributed by atoms with Gasteiger partial charge in [0.05, 0.1) is 17.5 Å². The maximum atomic E-state index is 13.4. The second-order valence-electron chi connectivity index (χ2n) is 10.9. The summed E-state index contributed by atoms with van der Waals surface area (Å²) < 4.78 is 26.4. The number of nitrogens with two attached hydrogens (primary N) is 1. The van der Waals surface area contributed by atoms with E-state index in [0.717, 1.165) is 0 Å². The lowest BCUT2D eigenvalue weighted by Crippen LogP contribution is -2.64. The Morgan fingerprint density at radius 1 is 0.783 bits per heavy atom. The molecule has 1 saturated carbocycles. The molecule has 0 unspecified atom stereocenters. The summed E-state index contributed by atoms with van der Waals surface area (Å²) >= 11 is 5.66. The topological polar surface area (TPSA) is 141 Å². The quantitative estimate of drug-likeness (QED) is 0.162. The van der Waals surface area contributed by atoms with E-state index < -0.39 is 23.1 Å². The van der Waals surface area contributed by atoms with Crippen LogP contribution < -0.4 is 10.5 Å². The lowest BCUT2D eigenvalue weighted by molar-refractivity contribution is -0.147. The van der Waals surface area contributed by atoms with Crippen molar-refractivity contribution in [1.29, 1.82) is 0 Å². The fourth-order valence-electron chi connectivity index (χ4n) is 5.90. The van der Waals surface area contributed by atoms with Gasteiger partial charge in [-0.25, -0.2) is 24.5 Å². The van der Waals surface area contributed by atoms with Crippen LogP contribution in [0.4, 0.5) is 5.82 Å². The molecule has 2 N–H and O–H groups in total. The molecule has 234 valence electrons. The Labute approximate surface area is 270 Å². The summed E-state index contributed by atoms with van der Waals surface area (Å²) in [6.45, 7) is -0.463. The monoisotopic (exact) mass is 637 g/mol. The molecule has 1 aliphatic rings. The molecule has 2 heterocycles. The number of esters is 2. The number of rotatable bonds is 9. The van der Waals surface area contributed by atoms with Gasteiger partial charge in [-0.3, -0.25) is 0 Å². The lowest BCUT2D eigenvalue weighted by atomic mass is 9.69. The molecule has 6 rings (SSSR count). The van der Waals surface area contributed by atoms with Crippen LogP contribution in [0, 0.1) is 0 Å². The number of fused-ring (bicyclic) bond motifs is 1. The number of carbonyl (C=O) groups excluding carboxylic acids is 2. The van der Waals surface area contributed by atoms with Crippen molar-refractivity contribution in [2.45, 2.75) is 36.8 Å². The smallest absolute Gasteiger partial charge is 0.358 e. The zero-order valence-corrected chi connectivity index (χ0v) is 25.6. The van der Waals surface area contributed by atoms with Crippen LogP contribution in [0.2, 0.25) is 0 Å². The Bertz CT molecular complexity index is 1840. The summed E-state index contributed by atoms with van der Waals surface area (Å²) in [5.41, 5.74) is 5.02. The van der Waals surface area contributed by atoms with Crippen LogP contribution >= 0.6 is 12.2 Å². The van der Waals surface area contributed by atoms with Crippen molar-refractivity contribution in [3.8, 4) is 5.75 Å². The number of carbonyl (C=O) groups is 2. The summed E-state index contributed by atoms with van der Waals surface area (Å²) in [4.78, 5) is 39.8. The van der Waals surface area contributed by atoms with Gasteiger partial charge in [0.15, 0.2) is 17.1 Å². The van der Waals surface area contributed by atoms with Gasteiger partial charge < -0.3 is 29.2 Å². The highest BCUT2D eigenvalue weighted by Gasteiger charge is 2.59. The van der Waals surface area contributed by atoms with Gasteiger partial charge in [-0.15, -0.1) is 0 Å². The van der Waals surface area contributed by atoms with Crippen LogP contribution in [0.25, 0.3) is 11.2 Å². The number of nitrogens with zero attached hydrogens (tertiary/aromatic N) is 4. The van der Waals surface area contributed by atoms with Crippen LogP contribution in [0.15, 0.2) is 104 Å². The van der Waals surface area contributed by atoms with Crippen LogP contribution in [-0.2, 0) is 19.7 Å². The molecule has 5 aromatic rings. The van der Waals surface area contributed by atoms with Crippen LogP contribution in [0.1, 0.15) is 46.4 Å². The normalized spacial score (nSPS) is 19.2. The largest absolute Gasteiger partial charge is 0.459 e. The fraction of sp³-hybridized carbons (Fsp3) is 0.235. The van der Waals surface area contributed by atoms with Gasteiger partial charge in [0.2, 0.25) is 0 Å². The fourth-order valence-corrected chi connectivity index (χ4v) is 6.15. The second kappa shape index (κ2) is 13.3. The number of hydrogen-bond acceptors (Lipinski definition) is 11. The maximum absolute atomic E-state index is 13.4. The minimum Gasteiger partial charge on any atom is -0.459 e. The third-order valence-electron chi connectivity index (χ3n) is 8.21. The predicted octanol–water partition coefficient (Wildman–Crippen LogP) is 5.51. The number of thiocarbonyl (C=S) groups is 1. The zero-order chi connectivity index (χ0) is 32.0. The van der Waals surface area contributed by atoms with E-state index in [9.17, 15) is 9.59 Å². The molecule has 0 amide bonds. The number of benzene rings is 3. The third-order valence-corrected chi connectivity index (χ3v) is 8.38.